The Balaban J connectivity index is 1.56. The van der Waals surface area contributed by atoms with Crippen LogP contribution in [0.15, 0.2) is 35.5 Å². The topological polar surface area (TPSA) is 128 Å². The number of carbonyl (C=O) groups is 1. The lowest BCUT2D eigenvalue weighted by Crippen LogP contribution is -2.50. The summed E-state index contributed by atoms with van der Waals surface area (Å²) in [5, 5.41) is 27.0. The Morgan fingerprint density at radius 1 is 1.05 bits per heavy atom. The van der Waals surface area contributed by atoms with E-state index in [4.69, 9.17) is 0 Å². The highest BCUT2D eigenvalue weighted by Crippen LogP contribution is 2.64. The van der Waals surface area contributed by atoms with E-state index in [0.29, 0.717) is 24.2 Å². The number of hydrazone groups is 1. The number of rotatable bonds is 12. The molecule has 0 spiro atoms. The minimum Gasteiger partial charge on any atom is -0.294 e. The summed E-state index contributed by atoms with van der Waals surface area (Å²) in [6, 6.07) is 3.51. The Morgan fingerprint density at radius 2 is 1.81 bits per heavy atom. The monoisotopic (exact) mass is 580 g/mol. The molecular weight excluding hydrogens is 532 g/mol. The number of ketones is 1. The molecule has 0 amide bonds. The molecule has 0 aliphatic heterocycles. The molecule has 3 aliphatic rings. The van der Waals surface area contributed by atoms with Crippen molar-refractivity contribution in [2.45, 2.75) is 98.8 Å². The van der Waals surface area contributed by atoms with Crippen molar-refractivity contribution >= 4 is 29.1 Å². The molecule has 0 aromatic heterocycles. The first-order valence-corrected chi connectivity index (χ1v) is 15.8. The third kappa shape index (κ3) is 6.45. The summed E-state index contributed by atoms with van der Waals surface area (Å²) in [6.45, 7) is 11.7. The number of fused-ring (bicyclic) bond motifs is 1. The number of nitrogens with zero attached hydrogens (tertiary/aromatic N) is 3. The van der Waals surface area contributed by atoms with Gasteiger partial charge in [0.1, 0.15) is 5.69 Å². The molecule has 1 aromatic rings. The van der Waals surface area contributed by atoms with E-state index >= 15 is 0 Å². The molecule has 9 nitrogen and oxygen atoms in total. The van der Waals surface area contributed by atoms with Crippen molar-refractivity contribution in [2.75, 3.05) is 5.43 Å². The van der Waals surface area contributed by atoms with Crippen LogP contribution < -0.4 is 5.43 Å². The van der Waals surface area contributed by atoms with E-state index in [9.17, 15) is 25.0 Å². The van der Waals surface area contributed by atoms with Crippen molar-refractivity contribution in [3.63, 3.8) is 0 Å². The number of allylic oxidation sites excluding steroid dienone is 2. The summed E-state index contributed by atoms with van der Waals surface area (Å²) in [5.41, 5.74) is 1.99. The van der Waals surface area contributed by atoms with E-state index in [0.717, 1.165) is 44.1 Å². The van der Waals surface area contributed by atoms with Gasteiger partial charge in [0.25, 0.3) is 5.69 Å². The highest BCUT2D eigenvalue weighted by molar-refractivity contribution is 5.95. The molecule has 2 fully saturated rings. The van der Waals surface area contributed by atoms with Gasteiger partial charge in [-0.15, -0.1) is 0 Å². The molecule has 3 aliphatic carbocycles. The van der Waals surface area contributed by atoms with Crippen LogP contribution in [-0.4, -0.2) is 21.8 Å². The zero-order valence-corrected chi connectivity index (χ0v) is 25.9. The fourth-order valence-corrected chi connectivity index (χ4v) is 8.86. The zero-order valence-electron chi connectivity index (χ0n) is 25.9. The van der Waals surface area contributed by atoms with E-state index in [1.165, 1.54) is 37.8 Å². The van der Waals surface area contributed by atoms with Gasteiger partial charge in [-0.3, -0.25) is 30.4 Å². The molecule has 2 saturated carbocycles. The highest BCUT2D eigenvalue weighted by atomic mass is 16.6. The number of carbonyl (C=O) groups excluding carboxylic acids is 1. The Bertz CT molecular complexity index is 1230. The molecule has 1 aromatic carbocycles. The number of nitrogens with one attached hydrogen (secondary N) is 1. The van der Waals surface area contributed by atoms with Gasteiger partial charge in [-0.05, 0) is 98.0 Å². The van der Waals surface area contributed by atoms with Crippen LogP contribution in [0.1, 0.15) is 98.8 Å². The van der Waals surface area contributed by atoms with Crippen LogP contribution in [0.25, 0.3) is 0 Å². The second kappa shape index (κ2) is 13.0. The quantitative estimate of drug-likeness (QED) is 0.150. The number of benzene rings is 1. The summed E-state index contributed by atoms with van der Waals surface area (Å²) >= 11 is 0. The summed E-state index contributed by atoms with van der Waals surface area (Å²) < 4.78 is 0. The molecule has 0 saturated heterocycles. The van der Waals surface area contributed by atoms with Crippen molar-refractivity contribution in [1.29, 1.82) is 0 Å². The third-order valence-corrected chi connectivity index (χ3v) is 11.2. The predicted molar refractivity (Wildman–Crippen MR) is 166 cm³/mol. The van der Waals surface area contributed by atoms with Crippen LogP contribution in [0.3, 0.4) is 0 Å². The molecule has 230 valence electrons. The first-order valence-electron chi connectivity index (χ1n) is 15.8. The van der Waals surface area contributed by atoms with Crippen molar-refractivity contribution in [2.24, 2.45) is 51.4 Å². The molecule has 3 unspecified atom stereocenters. The van der Waals surface area contributed by atoms with Gasteiger partial charge in [0.15, 0.2) is 5.78 Å². The molecule has 0 heterocycles. The lowest BCUT2D eigenvalue weighted by atomic mass is 9.50. The number of hydrogen-bond donors (Lipinski definition) is 1. The summed E-state index contributed by atoms with van der Waals surface area (Å²) in [6.07, 6.45) is 16.4. The smallest absolute Gasteiger partial charge is 0.294 e. The number of non-ortho nitro benzene ring substituents is 1. The molecule has 7 atom stereocenters. The Labute approximate surface area is 249 Å². The average Bonchev–Trinajstić information content (AvgIpc) is 3.29. The van der Waals surface area contributed by atoms with E-state index in [1.807, 2.05) is 6.08 Å². The Hall–Kier alpha value is -3.10. The van der Waals surface area contributed by atoms with Gasteiger partial charge < -0.3 is 0 Å². The zero-order chi connectivity index (χ0) is 30.7. The normalized spacial score (nSPS) is 31.8. The van der Waals surface area contributed by atoms with Gasteiger partial charge in [0.2, 0.25) is 0 Å². The standard InChI is InChI=1S/C33H48N4O5/c1-22(2)9-8-10-23(3)26-13-14-27-25(28(16-19-32(26,27)4)33(5)18-7-6-11-31(33)38)17-20-34-35-29-15-12-24(36(39)40)21-30(29)37(41)42/h6,11-12,15,20-23,25-28,35H,7-10,13-14,16-19H2,1-5H3/b34-20+/t23-,25?,26-,27?,28?,32-,33-/m1/s1. The van der Waals surface area contributed by atoms with Crippen molar-refractivity contribution in [3.05, 3.63) is 50.6 Å². The molecular formula is C33H48N4O5. The van der Waals surface area contributed by atoms with Crippen LogP contribution in [0.5, 0.6) is 0 Å². The minimum absolute atomic E-state index is 0.114. The second-order valence-electron chi connectivity index (χ2n) is 14.0. The van der Waals surface area contributed by atoms with Crippen molar-refractivity contribution in [3.8, 4) is 0 Å². The second-order valence-corrected chi connectivity index (χ2v) is 14.0. The largest absolute Gasteiger partial charge is 0.301 e. The van der Waals surface area contributed by atoms with Gasteiger partial charge in [0, 0.05) is 17.7 Å². The number of nitro benzene ring substituents is 2. The third-order valence-electron chi connectivity index (χ3n) is 11.2. The molecule has 42 heavy (non-hydrogen) atoms. The molecule has 1 N–H and O–H groups in total. The van der Waals surface area contributed by atoms with Gasteiger partial charge in [-0.1, -0.05) is 60.0 Å². The van der Waals surface area contributed by atoms with Crippen molar-refractivity contribution < 1.29 is 14.6 Å². The fourth-order valence-electron chi connectivity index (χ4n) is 8.86. The minimum atomic E-state index is -0.650. The average molecular weight is 581 g/mol. The lowest BCUT2D eigenvalue weighted by Gasteiger charge is -2.54. The molecule has 9 heteroatoms. The summed E-state index contributed by atoms with van der Waals surface area (Å²) in [5.74, 6) is 3.34. The van der Waals surface area contributed by atoms with Crippen LogP contribution >= 0.6 is 0 Å². The Morgan fingerprint density at radius 3 is 2.48 bits per heavy atom. The SMILES string of the molecule is CC(C)CCC[C@@H](C)[C@H]1CCC2C(C/C=N/Nc3ccc([N+](=O)[O-])cc3[N+](=O)[O-])C([C@@]3(C)CCC=CC3=O)CC[C@@]21C. The number of nitro groups is 2. The van der Waals surface area contributed by atoms with E-state index in [1.54, 1.807) is 12.3 Å². The highest BCUT2D eigenvalue weighted by Gasteiger charge is 2.58. The Kier molecular flexibility index (Phi) is 9.88. The first kappa shape index (κ1) is 31.8. The van der Waals surface area contributed by atoms with Crippen LogP contribution in [-0.2, 0) is 4.79 Å². The molecule has 0 radical (unpaired) electrons. The molecule has 0 bridgehead atoms. The predicted octanol–water partition coefficient (Wildman–Crippen LogP) is 8.74. The fraction of sp³-hybridized carbons (Fsp3) is 0.697. The van der Waals surface area contributed by atoms with Crippen molar-refractivity contribution in [1.82, 2.24) is 0 Å². The first-order chi connectivity index (χ1) is 19.9. The van der Waals surface area contributed by atoms with E-state index in [2.05, 4.69) is 45.1 Å². The maximum atomic E-state index is 13.3. The molecule has 4 rings (SSSR count). The summed E-state index contributed by atoms with van der Waals surface area (Å²) in [7, 11) is 0. The van der Waals surface area contributed by atoms with E-state index in [-0.39, 0.29) is 45.5 Å². The van der Waals surface area contributed by atoms with Gasteiger partial charge in [-0.2, -0.15) is 5.10 Å². The number of hydrogen-bond acceptors (Lipinski definition) is 7. The van der Waals surface area contributed by atoms with Gasteiger partial charge in [0.05, 0.1) is 15.9 Å². The summed E-state index contributed by atoms with van der Waals surface area (Å²) in [4.78, 5) is 34.7. The van der Waals surface area contributed by atoms with Crippen LogP contribution in [0.4, 0.5) is 17.1 Å². The lowest BCUT2D eigenvalue weighted by molar-refractivity contribution is -0.393. The van der Waals surface area contributed by atoms with Gasteiger partial charge >= 0.3 is 5.69 Å². The maximum absolute atomic E-state index is 13.3. The van der Waals surface area contributed by atoms with Crippen LogP contribution in [0, 0.1) is 66.6 Å². The number of anilines is 1. The maximum Gasteiger partial charge on any atom is 0.301 e. The van der Waals surface area contributed by atoms with Gasteiger partial charge in [-0.25, -0.2) is 0 Å². The van der Waals surface area contributed by atoms with Crippen LogP contribution in [0.2, 0.25) is 0 Å². The van der Waals surface area contributed by atoms with E-state index < -0.39 is 9.85 Å².